The molecule has 4 heteroatoms. The third kappa shape index (κ3) is 4.19. The summed E-state index contributed by atoms with van der Waals surface area (Å²) < 4.78 is 15.6. The lowest BCUT2D eigenvalue weighted by molar-refractivity contribution is -0.0962. The molecule has 0 aliphatic heterocycles. The molecule has 1 rings (SSSR count). The van der Waals surface area contributed by atoms with Gasteiger partial charge < -0.3 is 14.2 Å². The molecule has 0 aliphatic rings. The molecule has 1 aromatic rings. The molecule has 0 saturated heterocycles. The Hall–Kier alpha value is -1.65. The second-order valence-electron chi connectivity index (χ2n) is 3.84. The minimum Gasteiger partial charge on any atom is -0.465 e. The number of hydrogen-bond donors (Lipinski definition) is 0. The van der Waals surface area contributed by atoms with E-state index in [-0.39, 0.29) is 5.97 Å². The summed E-state index contributed by atoms with van der Waals surface area (Å²) in [5.74, 6) is -0.358. The zero-order valence-corrected chi connectivity index (χ0v) is 11.6. The van der Waals surface area contributed by atoms with Gasteiger partial charge in [-0.05, 0) is 31.5 Å². The Morgan fingerprint density at radius 1 is 1.11 bits per heavy atom. The highest BCUT2D eigenvalue weighted by Crippen LogP contribution is 2.20. The quantitative estimate of drug-likeness (QED) is 0.561. The molecule has 0 aromatic heterocycles. The Balaban J connectivity index is 2.83. The minimum atomic E-state index is -0.459. The van der Waals surface area contributed by atoms with Gasteiger partial charge in [0.25, 0.3) is 0 Å². The molecular weight excluding hydrogens is 244 g/mol. The van der Waals surface area contributed by atoms with Gasteiger partial charge in [0.2, 0.25) is 0 Å². The van der Waals surface area contributed by atoms with Crippen LogP contribution in [0.5, 0.6) is 0 Å². The molecule has 0 spiro atoms. The predicted molar refractivity (Wildman–Crippen MR) is 73.9 cm³/mol. The average Bonchev–Trinajstić information content (AvgIpc) is 2.45. The summed E-state index contributed by atoms with van der Waals surface area (Å²) in [7, 11) is 1.36. The van der Waals surface area contributed by atoms with Gasteiger partial charge in [0.1, 0.15) is 0 Å². The second-order valence-corrected chi connectivity index (χ2v) is 3.84. The van der Waals surface area contributed by atoms with E-state index in [0.717, 1.165) is 11.1 Å². The van der Waals surface area contributed by atoms with Gasteiger partial charge in [-0.2, -0.15) is 0 Å². The van der Waals surface area contributed by atoms with Crippen molar-refractivity contribution in [3.63, 3.8) is 0 Å². The van der Waals surface area contributed by atoms with Crippen molar-refractivity contribution < 1.29 is 19.0 Å². The lowest BCUT2D eigenvalue weighted by Crippen LogP contribution is -2.18. The summed E-state index contributed by atoms with van der Waals surface area (Å²) in [5, 5.41) is 0. The molecular formula is C15H20O4. The topological polar surface area (TPSA) is 44.8 Å². The van der Waals surface area contributed by atoms with E-state index in [2.05, 4.69) is 11.3 Å². The van der Waals surface area contributed by atoms with E-state index in [0.29, 0.717) is 18.8 Å². The van der Waals surface area contributed by atoms with E-state index in [1.165, 1.54) is 7.11 Å². The number of ether oxygens (including phenoxy) is 3. The lowest BCUT2D eigenvalue weighted by Gasteiger charge is -2.19. The first-order chi connectivity index (χ1) is 9.13. The maximum Gasteiger partial charge on any atom is 0.337 e. The van der Waals surface area contributed by atoms with Crippen molar-refractivity contribution in [3.05, 3.63) is 42.0 Å². The minimum absolute atomic E-state index is 0.358. The summed E-state index contributed by atoms with van der Waals surface area (Å²) in [4.78, 5) is 11.3. The summed E-state index contributed by atoms with van der Waals surface area (Å²) in [6.07, 6.45) is -0.459. The van der Waals surface area contributed by atoms with Crippen LogP contribution in [0.2, 0.25) is 0 Å². The molecule has 0 radical (unpaired) electrons. The summed E-state index contributed by atoms with van der Waals surface area (Å²) >= 11 is 0. The fraction of sp³-hybridized carbons (Fsp3) is 0.400. The van der Waals surface area contributed by atoms with E-state index in [4.69, 9.17) is 9.47 Å². The molecule has 0 saturated carbocycles. The van der Waals surface area contributed by atoms with Crippen LogP contribution in [0.15, 0.2) is 30.8 Å². The lowest BCUT2D eigenvalue weighted by atomic mass is 10.0. The van der Waals surface area contributed by atoms with E-state index < -0.39 is 6.29 Å². The first-order valence-electron chi connectivity index (χ1n) is 6.24. The van der Waals surface area contributed by atoms with Crippen molar-refractivity contribution in [2.24, 2.45) is 0 Å². The molecule has 0 atom stereocenters. The highest BCUT2D eigenvalue weighted by Gasteiger charge is 2.15. The first-order valence-corrected chi connectivity index (χ1v) is 6.24. The van der Waals surface area contributed by atoms with Crippen LogP contribution in [0.4, 0.5) is 0 Å². The fourth-order valence-corrected chi connectivity index (χ4v) is 1.63. The monoisotopic (exact) mass is 264 g/mol. The van der Waals surface area contributed by atoms with Crippen molar-refractivity contribution >= 4 is 11.5 Å². The highest BCUT2D eigenvalue weighted by atomic mass is 16.7. The van der Waals surface area contributed by atoms with E-state index >= 15 is 0 Å². The van der Waals surface area contributed by atoms with Crippen molar-refractivity contribution in [1.82, 2.24) is 0 Å². The molecule has 104 valence electrons. The predicted octanol–water partition coefficient (Wildman–Crippen LogP) is 2.89. The maximum absolute atomic E-state index is 11.3. The number of rotatable bonds is 7. The third-order valence-corrected chi connectivity index (χ3v) is 2.60. The highest BCUT2D eigenvalue weighted by molar-refractivity contribution is 5.89. The molecule has 0 aliphatic carbocycles. The average molecular weight is 264 g/mol. The zero-order chi connectivity index (χ0) is 14.3. The zero-order valence-electron chi connectivity index (χ0n) is 11.6. The number of carbonyl (C=O) groups excluding carboxylic acids is 1. The Morgan fingerprint density at radius 2 is 1.58 bits per heavy atom. The van der Waals surface area contributed by atoms with Gasteiger partial charge >= 0.3 is 5.97 Å². The molecule has 0 fully saturated rings. The summed E-state index contributed by atoms with van der Waals surface area (Å²) in [6, 6.07) is 7.00. The van der Waals surface area contributed by atoms with Crippen molar-refractivity contribution in [2.75, 3.05) is 20.3 Å². The molecule has 0 amide bonds. The van der Waals surface area contributed by atoms with E-state index in [1.807, 2.05) is 13.8 Å². The molecule has 1 aromatic carbocycles. The van der Waals surface area contributed by atoms with Crippen LogP contribution in [0.3, 0.4) is 0 Å². The smallest absolute Gasteiger partial charge is 0.337 e. The van der Waals surface area contributed by atoms with Crippen LogP contribution in [-0.4, -0.2) is 32.6 Å². The SMILES string of the molecule is C=C(c1ccc(C(=O)OC)cc1)C(OCC)OCC. The van der Waals surface area contributed by atoms with Crippen LogP contribution in [-0.2, 0) is 14.2 Å². The number of esters is 1. The Kier molecular flexibility index (Phi) is 6.25. The Labute approximate surface area is 114 Å². The van der Waals surface area contributed by atoms with Gasteiger partial charge in [-0.3, -0.25) is 0 Å². The number of benzene rings is 1. The maximum atomic E-state index is 11.3. The summed E-state index contributed by atoms with van der Waals surface area (Å²) in [5.41, 5.74) is 2.11. The molecule has 19 heavy (non-hydrogen) atoms. The second kappa shape index (κ2) is 7.71. The molecule has 0 bridgehead atoms. The summed E-state index contributed by atoms with van der Waals surface area (Å²) in [6.45, 7) is 8.89. The van der Waals surface area contributed by atoms with Gasteiger partial charge in [-0.1, -0.05) is 18.7 Å². The van der Waals surface area contributed by atoms with E-state index in [9.17, 15) is 4.79 Å². The van der Waals surface area contributed by atoms with Crippen LogP contribution in [0.1, 0.15) is 29.8 Å². The largest absolute Gasteiger partial charge is 0.465 e. The van der Waals surface area contributed by atoms with Crippen LogP contribution < -0.4 is 0 Å². The third-order valence-electron chi connectivity index (χ3n) is 2.60. The van der Waals surface area contributed by atoms with Crippen LogP contribution in [0.25, 0.3) is 5.57 Å². The number of methoxy groups -OCH3 is 1. The number of carbonyl (C=O) groups is 1. The van der Waals surface area contributed by atoms with Crippen molar-refractivity contribution in [1.29, 1.82) is 0 Å². The number of hydrogen-bond acceptors (Lipinski definition) is 4. The van der Waals surface area contributed by atoms with Crippen molar-refractivity contribution in [3.8, 4) is 0 Å². The Morgan fingerprint density at radius 3 is 2.00 bits per heavy atom. The Bertz CT molecular complexity index is 416. The van der Waals surface area contributed by atoms with Gasteiger partial charge in [0.05, 0.1) is 12.7 Å². The van der Waals surface area contributed by atoms with Gasteiger partial charge in [0.15, 0.2) is 6.29 Å². The normalized spacial score (nSPS) is 10.5. The van der Waals surface area contributed by atoms with Crippen LogP contribution >= 0.6 is 0 Å². The molecule has 0 unspecified atom stereocenters. The molecule has 0 heterocycles. The standard InChI is InChI=1S/C15H20O4/c1-5-18-15(19-6-2)11(3)12-7-9-13(10-8-12)14(16)17-4/h7-10,15H,3,5-6H2,1-2,4H3. The molecule has 4 nitrogen and oxygen atoms in total. The fourth-order valence-electron chi connectivity index (χ4n) is 1.63. The van der Waals surface area contributed by atoms with Gasteiger partial charge in [0, 0.05) is 18.8 Å². The van der Waals surface area contributed by atoms with Crippen LogP contribution in [0, 0.1) is 0 Å². The van der Waals surface area contributed by atoms with E-state index in [1.54, 1.807) is 24.3 Å². The molecule has 0 N–H and O–H groups in total. The van der Waals surface area contributed by atoms with Crippen molar-refractivity contribution in [2.45, 2.75) is 20.1 Å². The van der Waals surface area contributed by atoms with Gasteiger partial charge in [-0.25, -0.2) is 4.79 Å². The van der Waals surface area contributed by atoms with Gasteiger partial charge in [-0.15, -0.1) is 0 Å². The first kappa shape index (κ1) is 15.4.